The standard InChI is InChI=1S/C28H26F3N3O/c1-3-10-24-25(27(35)33(2)19-20-15-17-22(18-16-20)28(29,30)31)26(21-11-6-4-7-12-21)32-34(24)23-13-8-5-9-14-23/h4-9,11-18H,3,10,19H2,1-2H3. The summed E-state index contributed by atoms with van der Waals surface area (Å²) in [5.41, 5.74) is 3.49. The number of aromatic nitrogens is 2. The molecule has 0 unspecified atom stereocenters. The van der Waals surface area contributed by atoms with E-state index >= 15 is 0 Å². The fourth-order valence-electron chi connectivity index (χ4n) is 4.06. The van der Waals surface area contributed by atoms with Crippen LogP contribution >= 0.6 is 0 Å². The van der Waals surface area contributed by atoms with Crippen molar-refractivity contribution in [1.82, 2.24) is 14.7 Å². The highest BCUT2D eigenvalue weighted by Gasteiger charge is 2.30. The number of carbonyl (C=O) groups is 1. The number of carbonyl (C=O) groups excluding carboxylic acids is 1. The Morgan fingerprint density at radius 1 is 0.914 bits per heavy atom. The molecule has 0 saturated carbocycles. The van der Waals surface area contributed by atoms with Crippen LogP contribution < -0.4 is 0 Å². The summed E-state index contributed by atoms with van der Waals surface area (Å²) in [4.78, 5) is 15.3. The number of halogens is 3. The Labute approximate surface area is 202 Å². The molecule has 1 amide bonds. The number of rotatable bonds is 7. The maximum absolute atomic E-state index is 13.8. The Balaban J connectivity index is 1.75. The summed E-state index contributed by atoms with van der Waals surface area (Å²) in [6, 6.07) is 24.1. The summed E-state index contributed by atoms with van der Waals surface area (Å²) < 4.78 is 40.6. The molecule has 0 atom stereocenters. The van der Waals surface area contributed by atoms with Gasteiger partial charge in [-0.05, 0) is 36.2 Å². The molecule has 180 valence electrons. The van der Waals surface area contributed by atoms with Crippen LogP contribution in [0.25, 0.3) is 16.9 Å². The van der Waals surface area contributed by atoms with E-state index in [2.05, 4.69) is 0 Å². The Morgan fingerprint density at radius 3 is 2.09 bits per heavy atom. The van der Waals surface area contributed by atoms with Crippen LogP contribution in [0.2, 0.25) is 0 Å². The molecular weight excluding hydrogens is 451 g/mol. The Hall–Kier alpha value is -3.87. The molecule has 4 aromatic rings. The number of hydrogen-bond acceptors (Lipinski definition) is 2. The van der Waals surface area contributed by atoms with Crippen LogP contribution in [0.4, 0.5) is 13.2 Å². The van der Waals surface area contributed by atoms with Crippen molar-refractivity contribution in [2.24, 2.45) is 0 Å². The second kappa shape index (κ2) is 10.2. The summed E-state index contributed by atoms with van der Waals surface area (Å²) >= 11 is 0. The minimum absolute atomic E-state index is 0.174. The lowest BCUT2D eigenvalue weighted by Gasteiger charge is -2.19. The summed E-state index contributed by atoms with van der Waals surface area (Å²) in [6.45, 7) is 2.22. The van der Waals surface area contributed by atoms with Crippen molar-refractivity contribution >= 4 is 5.91 Å². The molecule has 7 heteroatoms. The van der Waals surface area contributed by atoms with Gasteiger partial charge in [0.2, 0.25) is 0 Å². The molecule has 0 aliphatic carbocycles. The third-order valence-electron chi connectivity index (χ3n) is 5.78. The first-order chi connectivity index (χ1) is 16.8. The molecule has 0 spiro atoms. The molecule has 0 bridgehead atoms. The van der Waals surface area contributed by atoms with Crippen molar-refractivity contribution in [3.8, 4) is 16.9 Å². The van der Waals surface area contributed by atoms with Crippen LogP contribution in [-0.4, -0.2) is 27.6 Å². The highest BCUT2D eigenvalue weighted by Crippen LogP contribution is 2.31. The Kier molecular flexibility index (Phi) is 7.05. The van der Waals surface area contributed by atoms with E-state index in [9.17, 15) is 18.0 Å². The maximum Gasteiger partial charge on any atom is 0.416 e. The van der Waals surface area contributed by atoms with Gasteiger partial charge >= 0.3 is 6.18 Å². The van der Waals surface area contributed by atoms with E-state index in [1.54, 1.807) is 7.05 Å². The average Bonchev–Trinajstić information content (AvgIpc) is 3.24. The van der Waals surface area contributed by atoms with Crippen molar-refractivity contribution in [3.63, 3.8) is 0 Å². The zero-order chi connectivity index (χ0) is 25.0. The molecular formula is C28H26F3N3O. The van der Waals surface area contributed by atoms with Crippen molar-refractivity contribution in [2.45, 2.75) is 32.5 Å². The monoisotopic (exact) mass is 477 g/mol. The number of para-hydroxylation sites is 1. The molecule has 1 aromatic heterocycles. The fourth-order valence-corrected chi connectivity index (χ4v) is 4.06. The molecule has 4 rings (SSSR count). The molecule has 0 aliphatic heterocycles. The number of nitrogens with zero attached hydrogens (tertiary/aromatic N) is 3. The number of benzene rings is 3. The van der Waals surface area contributed by atoms with Crippen molar-refractivity contribution in [2.75, 3.05) is 7.05 Å². The van der Waals surface area contributed by atoms with Gasteiger partial charge in [-0.25, -0.2) is 4.68 Å². The predicted molar refractivity (Wildman–Crippen MR) is 130 cm³/mol. The van der Waals surface area contributed by atoms with Crippen LogP contribution in [0.5, 0.6) is 0 Å². The highest BCUT2D eigenvalue weighted by molar-refractivity contribution is 6.01. The first kappa shape index (κ1) is 24.3. The Bertz CT molecular complexity index is 1280. The normalized spacial score (nSPS) is 11.5. The van der Waals surface area contributed by atoms with Gasteiger partial charge in [-0.3, -0.25) is 4.79 Å². The zero-order valence-electron chi connectivity index (χ0n) is 19.6. The molecule has 3 aromatic carbocycles. The molecule has 35 heavy (non-hydrogen) atoms. The van der Waals surface area contributed by atoms with Crippen LogP contribution in [0.3, 0.4) is 0 Å². The first-order valence-corrected chi connectivity index (χ1v) is 11.4. The first-order valence-electron chi connectivity index (χ1n) is 11.4. The minimum atomic E-state index is -4.40. The molecule has 0 radical (unpaired) electrons. The van der Waals surface area contributed by atoms with Gasteiger partial charge in [-0.1, -0.05) is 74.0 Å². The third kappa shape index (κ3) is 5.29. The number of alkyl halides is 3. The van der Waals surface area contributed by atoms with Gasteiger partial charge in [0, 0.05) is 19.2 Å². The lowest BCUT2D eigenvalue weighted by atomic mass is 10.0. The average molecular weight is 478 g/mol. The smallest absolute Gasteiger partial charge is 0.337 e. The van der Waals surface area contributed by atoms with Crippen molar-refractivity contribution in [3.05, 3.63) is 107 Å². The van der Waals surface area contributed by atoms with Crippen LogP contribution in [0.1, 0.15) is 40.5 Å². The number of amides is 1. The van der Waals surface area contributed by atoms with E-state index < -0.39 is 11.7 Å². The molecule has 1 heterocycles. The maximum atomic E-state index is 13.8. The summed E-state index contributed by atoms with van der Waals surface area (Å²) in [6.07, 6.45) is -2.94. The van der Waals surface area contributed by atoms with E-state index in [-0.39, 0.29) is 12.5 Å². The van der Waals surface area contributed by atoms with Gasteiger partial charge in [-0.15, -0.1) is 0 Å². The third-order valence-corrected chi connectivity index (χ3v) is 5.78. The number of hydrogen-bond donors (Lipinski definition) is 0. The van der Waals surface area contributed by atoms with E-state index in [1.807, 2.05) is 72.3 Å². The molecule has 0 aliphatic rings. The van der Waals surface area contributed by atoms with Crippen molar-refractivity contribution < 1.29 is 18.0 Å². The summed E-state index contributed by atoms with van der Waals surface area (Å²) in [7, 11) is 1.66. The van der Waals surface area contributed by atoms with Gasteiger partial charge in [0.1, 0.15) is 5.69 Å². The van der Waals surface area contributed by atoms with Gasteiger partial charge in [0.15, 0.2) is 0 Å². The molecule has 0 saturated heterocycles. The van der Waals surface area contributed by atoms with Crippen LogP contribution in [-0.2, 0) is 19.1 Å². The van der Waals surface area contributed by atoms with E-state index in [0.717, 1.165) is 35.5 Å². The van der Waals surface area contributed by atoms with E-state index in [0.29, 0.717) is 23.2 Å². The fraction of sp³-hybridized carbons (Fsp3) is 0.214. The summed E-state index contributed by atoms with van der Waals surface area (Å²) in [5, 5.41) is 4.86. The van der Waals surface area contributed by atoms with Gasteiger partial charge in [0.05, 0.1) is 22.5 Å². The second-order valence-electron chi connectivity index (χ2n) is 8.39. The topological polar surface area (TPSA) is 38.1 Å². The van der Waals surface area contributed by atoms with Crippen LogP contribution in [0.15, 0.2) is 84.9 Å². The van der Waals surface area contributed by atoms with Crippen molar-refractivity contribution in [1.29, 1.82) is 0 Å². The lowest BCUT2D eigenvalue weighted by Crippen LogP contribution is -2.27. The Morgan fingerprint density at radius 2 is 1.51 bits per heavy atom. The van der Waals surface area contributed by atoms with E-state index in [4.69, 9.17) is 5.10 Å². The summed E-state index contributed by atoms with van der Waals surface area (Å²) in [5.74, 6) is -0.227. The van der Waals surface area contributed by atoms with E-state index in [1.165, 1.54) is 17.0 Å². The molecule has 4 nitrogen and oxygen atoms in total. The largest absolute Gasteiger partial charge is 0.416 e. The molecule has 0 fully saturated rings. The molecule has 0 N–H and O–H groups in total. The minimum Gasteiger partial charge on any atom is -0.337 e. The SMILES string of the molecule is CCCc1c(C(=O)N(C)Cc2ccc(C(F)(F)F)cc2)c(-c2ccccc2)nn1-c1ccccc1. The predicted octanol–water partition coefficient (Wildman–Crippen LogP) is 6.78. The highest BCUT2D eigenvalue weighted by atomic mass is 19.4. The quantitative estimate of drug-likeness (QED) is 0.294. The second-order valence-corrected chi connectivity index (χ2v) is 8.39. The zero-order valence-corrected chi connectivity index (χ0v) is 19.6. The van der Waals surface area contributed by atoms with Gasteiger partial charge < -0.3 is 4.90 Å². The lowest BCUT2D eigenvalue weighted by molar-refractivity contribution is -0.137. The van der Waals surface area contributed by atoms with Gasteiger partial charge in [0.25, 0.3) is 5.91 Å². The van der Waals surface area contributed by atoms with Gasteiger partial charge in [-0.2, -0.15) is 18.3 Å². The van der Waals surface area contributed by atoms with Crippen LogP contribution in [0, 0.1) is 0 Å².